The molecule has 0 bridgehead atoms. The Kier molecular flexibility index (Phi) is 1.89. The minimum absolute atomic E-state index is 0.00986. The Hall–Kier alpha value is -2.37. The minimum Gasteiger partial charge on any atom is -0.507 e. The summed E-state index contributed by atoms with van der Waals surface area (Å²) in [5, 5.41) is 20.0. The number of benzene rings is 1. The molecule has 0 radical (unpaired) electrons. The lowest BCUT2D eigenvalue weighted by Gasteiger charge is -1.95. The van der Waals surface area contributed by atoms with Gasteiger partial charge in [0.05, 0.1) is 11.6 Å². The fourth-order valence-electron chi connectivity index (χ4n) is 1.32. The van der Waals surface area contributed by atoms with E-state index in [9.17, 15) is 20.0 Å². The smallest absolute Gasteiger partial charge is 0.434 e. The average molecular weight is 207 g/mol. The molecule has 0 fully saturated rings. The Balaban J connectivity index is 2.80. The van der Waals surface area contributed by atoms with Crippen LogP contribution in [0.2, 0.25) is 0 Å². The van der Waals surface area contributed by atoms with Crippen LogP contribution in [-0.4, -0.2) is 16.3 Å². The summed E-state index contributed by atoms with van der Waals surface area (Å²) in [4.78, 5) is 20.4. The average Bonchev–Trinajstić information content (AvgIpc) is 2.61. The molecule has 1 heterocycles. The molecule has 0 spiro atoms. The molecule has 76 valence electrons. The van der Waals surface area contributed by atoms with Crippen LogP contribution in [0.1, 0.15) is 10.4 Å². The van der Waals surface area contributed by atoms with Crippen LogP contribution in [0, 0.1) is 10.1 Å². The molecule has 15 heavy (non-hydrogen) atoms. The lowest BCUT2D eigenvalue weighted by atomic mass is 10.1. The Morgan fingerprint density at radius 1 is 1.47 bits per heavy atom. The predicted molar refractivity (Wildman–Crippen MR) is 49.9 cm³/mol. The van der Waals surface area contributed by atoms with Crippen LogP contribution in [0.4, 0.5) is 5.88 Å². The van der Waals surface area contributed by atoms with Crippen molar-refractivity contribution in [3.05, 3.63) is 33.9 Å². The zero-order valence-electron chi connectivity index (χ0n) is 7.34. The number of aldehydes is 1. The number of rotatable bonds is 2. The summed E-state index contributed by atoms with van der Waals surface area (Å²) in [5.74, 6) is -0.688. The standard InChI is InChI=1S/C9H5NO5/c11-4-6-5-3-9(10(13)14)15-8(5)2-1-7(6)12/h1-4,12H. The van der Waals surface area contributed by atoms with Crippen LogP contribution in [0.15, 0.2) is 22.6 Å². The van der Waals surface area contributed by atoms with Crippen LogP contribution in [-0.2, 0) is 0 Å². The second-order valence-corrected chi connectivity index (χ2v) is 2.87. The number of carbonyl (C=O) groups is 1. The van der Waals surface area contributed by atoms with Crippen molar-refractivity contribution < 1.29 is 19.2 Å². The monoisotopic (exact) mass is 207 g/mol. The number of nitro groups is 1. The quantitative estimate of drug-likeness (QED) is 0.460. The highest BCUT2D eigenvalue weighted by molar-refractivity contribution is 5.99. The lowest BCUT2D eigenvalue weighted by Crippen LogP contribution is -1.83. The van der Waals surface area contributed by atoms with Crippen molar-refractivity contribution >= 4 is 23.1 Å². The van der Waals surface area contributed by atoms with Gasteiger partial charge in [-0.1, -0.05) is 0 Å². The van der Waals surface area contributed by atoms with E-state index in [1.165, 1.54) is 12.1 Å². The molecule has 1 aromatic heterocycles. The van der Waals surface area contributed by atoms with Crippen molar-refractivity contribution in [1.82, 2.24) is 0 Å². The summed E-state index contributed by atoms with van der Waals surface area (Å²) >= 11 is 0. The second-order valence-electron chi connectivity index (χ2n) is 2.87. The molecule has 0 amide bonds. The van der Waals surface area contributed by atoms with Gasteiger partial charge in [-0.25, -0.2) is 0 Å². The van der Waals surface area contributed by atoms with Gasteiger partial charge in [-0.3, -0.25) is 14.9 Å². The fraction of sp³-hybridized carbons (Fsp3) is 0. The number of nitrogens with zero attached hydrogens (tertiary/aromatic N) is 1. The number of furan rings is 1. The molecule has 0 saturated heterocycles. The van der Waals surface area contributed by atoms with Gasteiger partial charge in [0.1, 0.15) is 16.3 Å². The van der Waals surface area contributed by atoms with Crippen molar-refractivity contribution in [2.75, 3.05) is 0 Å². The minimum atomic E-state index is -0.703. The summed E-state index contributed by atoms with van der Waals surface area (Å²) in [7, 11) is 0. The number of phenols is 1. The van der Waals surface area contributed by atoms with Crippen LogP contribution < -0.4 is 0 Å². The molecule has 0 aliphatic rings. The van der Waals surface area contributed by atoms with Gasteiger partial charge in [0.15, 0.2) is 6.29 Å². The third kappa shape index (κ3) is 1.32. The van der Waals surface area contributed by atoms with Gasteiger partial charge in [-0.05, 0) is 12.1 Å². The van der Waals surface area contributed by atoms with Crippen LogP contribution in [0.3, 0.4) is 0 Å². The van der Waals surface area contributed by atoms with E-state index < -0.39 is 10.8 Å². The van der Waals surface area contributed by atoms with Gasteiger partial charge in [-0.15, -0.1) is 0 Å². The normalized spacial score (nSPS) is 10.4. The van der Waals surface area contributed by atoms with Gasteiger partial charge < -0.3 is 9.52 Å². The summed E-state index contributed by atoms with van der Waals surface area (Å²) in [6.07, 6.45) is 0.427. The fourth-order valence-corrected chi connectivity index (χ4v) is 1.32. The van der Waals surface area contributed by atoms with E-state index in [1.807, 2.05) is 0 Å². The van der Waals surface area contributed by atoms with Crippen molar-refractivity contribution in [3.63, 3.8) is 0 Å². The Morgan fingerprint density at radius 2 is 2.20 bits per heavy atom. The molecular formula is C9H5NO5. The molecular weight excluding hydrogens is 202 g/mol. The van der Waals surface area contributed by atoms with E-state index in [0.717, 1.165) is 6.07 Å². The third-order valence-electron chi connectivity index (χ3n) is 2.00. The van der Waals surface area contributed by atoms with Gasteiger partial charge >= 0.3 is 5.88 Å². The van der Waals surface area contributed by atoms with Crippen molar-refractivity contribution in [2.24, 2.45) is 0 Å². The molecule has 1 aromatic carbocycles. The highest BCUT2D eigenvalue weighted by Gasteiger charge is 2.17. The van der Waals surface area contributed by atoms with Crippen molar-refractivity contribution in [1.29, 1.82) is 0 Å². The first kappa shape index (κ1) is 9.20. The van der Waals surface area contributed by atoms with Crippen LogP contribution in [0.25, 0.3) is 11.0 Å². The molecule has 0 atom stereocenters. The number of aromatic hydroxyl groups is 1. The summed E-state index contributed by atoms with van der Waals surface area (Å²) in [5.41, 5.74) is 0.186. The maximum Gasteiger partial charge on any atom is 0.434 e. The number of fused-ring (bicyclic) bond motifs is 1. The van der Waals surface area contributed by atoms with Gasteiger partial charge in [0.25, 0.3) is 0 Å². The van der Waals surface area contributed by atoms with E-state index in [-0.39, 0.29) is 22.3 Å². The van der Waals surface area contributed by atoms with Gasteiger partial charge in [0, 0.05) is 5.39 Å². The van der Waals surface area contributed by atoms with Gasteiger partial charge in [0.2, 0.25) is 0 Å². The van der Waals surface area contributed by atoms with E-state index >= 15 is 0 Å². The molecule has 0 saturated carbocycles. The summed E-state index contributed by atoms with van der Waals surface area (Å²) in [6, 6.07) is 3.72. The van der Waals surface area contributed by atoms with Crippen molar-refractivity contribution in [3.8, 4) is 5.75 Å². The van der Waals surface area contributed by atoms with Crippen molar-refractivity contribution in [2.45, 2.75) is 0 Å². The Labute approximate surface area is 82.9 Å². The zero-order valence-corrected chi connectivity index (χ0v) is 7.34. The van der Waals surface area contributed by atoms with Crippen LogP contribution >= 0.6 is 0 Å². The topological polar surface area (TPSA) is 93.6 Å². The number of hydrogen-bond acceptors (Lipinski definition) is 5. The number of phenolic OH excluding ortho intramolecular Hbond substituents is 1. The summed E-state index contributed by atoms with van der Waals surface area (Å²) < 4.78 is 4.86. The highest BCUT2D eigenvalue weighted by Crippen LogP contribution is 2.31. The first-order valence-corrected chi connectivity index (χ1v) is 3.98. The molecule has 1 N–H and O–H groups in total. The maximum absolute atomic E-state index is 10.6. The first-order chi connectivity index (χ1) is 7.13. The second kappa shape index (κ2) is 3.09. The molecule has 0 aliphatic heterocycles. The lowest BCUT2D eigenvalue weighted by molar-refractivity contribution is -0.401. The van der Waals surface area contributed by atoms with Crippen LogP contribution in [0.5, 0.6) is 5.75 Å². The Morgan fingerprint density at radius 3 is 2.80 bits per heavy atom. The summed E-state index contributed by atoms with van der Waals surface area (Å²) in [6.45, 7) is 0. The Bertz CT molecular complexity index is 557. The molecule has 0 unspecified atom stereocenters. The SMILES string of the molecule is O=Cc1c(O)ccc2oc([N+](=O)[O-])cc12. The number of carbonyl (C=O) groups excluding carboxylic acids is 1. The highest BCUT2D eigenvalue weighted by atomic mass is 16.6. The molecule has 0 aliphatic carbocycles. The van der Waals surface area contributed by atoms with E-state index in [1.54, 1.807) is 0 Å². The molecule has 2 aromatic rings. The van der Waals surface area contributed by atoms with Gasteiger partial charge in [-0.2, -0.15) is 0 Å². The van der Waals surface area contributed by atoms with E-state index in [4.69, 9.17) is 4.42 Å². The molecule has 2 rings (SSSR count). The maximum atomic E-state index is 10.6. The van der Waals surface area contributed by atoms with E-state index in [2.05, 4.69) is 0 Å². The largest absolute Gasteiger partial charge is 0.507 e. The number of hydrogen-bond donors (Lipinski definition) is 1. The van der Waals surface area contributed by atoms with E-state index in [0.29, 0.717) is 6.29 Å². The predicted octanol–water partition coefficient (Wildman–Crippen LogP) is 1.86. The third-order valence-corrected chi connectivity index (χ3v) is 2.00. The zero-order chi connectivity index (χ0) is 11.0. The first-order valence-electron chi connectivity index (χ1n) is 3.98. The molecule has 6 heteroatoms. The molecule has 6 nitrogen and oxygen atoms in total.